The number of rotatable bonds is 6. The van der Waals surface area contributed by atoms with E-state index in [0.717, 1.165) is 30.2 Å². The lowest BCUT2D eigenvalue weighted by Gasteiger charge is -2.18. The lowest BCUT2D eigenvalue weighted by molar-refractivity contribution is 0.0959. The van der Waals surface area contributed by atoms with Crippen molar-refractivity contribution in [1.29, 1.82) is 0 Å². The van der Waals surface area contributed by atoms with Gasteiger partial charge < -0.3 is 10.1 Å². The average molecular weight is 445 g/mol. The molecule has 0 aliphatic carbocycles. The number of anilines is 1. The van der Waals surface area contributed by atoms with Crippen LogP contribution < -0.4 is 15.4 Å². The largest absolute Gasteiger partial charge is 0.486 e. The number of ether oxygens (including phenoxy) is 1. The highest BCUT2D eigenvalue weighted by molar-refractivity contribution is 6.30. The van der Waals surface area contributed by atoms with Crippen LogP contribution in [0.15, 0.2) is 66.7 Å². The second-order valence-corrected chi connectivity index (χ2v) is 7.03. The molecule has 3 rings (SSSR count). The number of carbonyl (C=O) groups is 2. The van der Waals surface area contributed by atoms with E-state index in [0.29, 0.717) is 16.5 Å². The van der Waals surface area contributed by atoms with E-state index < -0.39 is 29.1 Å². The van der Waals surface area contributed by atoms with E-state index in [4.69, 9.17) is 16.3 Å². The Bertz CT molecular complexity index is 1050. The van der Waals surface area contributed by atoms with Gasteiger partial charge in [0, 0.05) is 10.7 Å². The van der Waals surface area contributed by atoms with Crippen molar-refractivity contribution in [3.63, 3.8) is 0 Å². The van der Waals surface area contributed by atoms with Gasteiger partial charge in [0.25, 0.3) is 5.91 Å². The molecule has 0 fully saturated rings. The topological polar surface area (TPSA) is 67.4 Å². The third-order valence-corrected chi connectivity index (χ3v) is 4.67. The summed E-state index contributed by atoms with van der Waals surface area (Å²) in [6.07, 6.45) is 0.561. The van der Waals surface area contributed by atoms with Crippen LogP contribution in [-0.2, 0) is 0 Å². The molecular weight excluding hydrogens is 426 g/mol. The standard InChI is InChI=1S/C23H19ClF2N2O3/c1-2-20(14-6-8-15(24)9-7-14)31-17-12-10-16(11-13-17)27-23(30)28-22(29)21-18(25)4-3-5-19(21)26/h3-13,20H,2H2,1H3,(H2,27,28,29,30). The molecule has 0 saturated carbocycles. The maximum Gasteiger partial charge on any atom is 0.326 e. The van der Waals surface area contributed by atoms with E-state index in [-0.39, 0.29) is 6.10 Å². The molecule has 0 aliphatic rings. The van der Waals surface area contributed by atoms with Gasteiger partial charge in [0.15, 0.2) is 0 Å². The van der Waals surface area contributed by atoms with Crippen molar-refractivity contribution in [3.8, 4) is 5.75 Å². The van der Waals surface area contributed by atoms with Gasteiger partial charge in [0.05, 0.1) is 0 Å². The second kappa shape index (κ2) is 10.0. The van der Waals surface area contributed by atoms with Crippen LogP contribution in [0, 0.1) is 11.6 Å². The number of nitrogens with one attached hydrogen (secondary N) is 2. The molecule has 3 aromatic rings. The summed E-state index contributed by atoms with van der Waals surface area (Å²) in [6.45, 7) is 1.99. The minimum absolute atomic E-state index is 0.173. The summed E-state index contributed by atoms with van der Waals surface area (Å²) >= 11 is 5.92. The Morgan fingerprint density at radius 3 is 2.16 bits per heavy atom. The lowest BCUT2D eigenvalue weighted by atomic mass is 10.1. The lowest BCUT2D eigenvalue weighted by Crippen LogP contribution is -2.35. The monoisotopic (exact) mass is 444 g/mol. The van der Waals surface area contributed by atoms with Crippen LogP contribution in [0.1, 0.15) is 35.4 Å². The number of imide groups is 1. The summed E-state index contributed by atoms with van der Waals surface area (Å²) in [4.78, 5) is 24.0. The van der Waals surface area contributed by atoms with Crippen molar-refractivity contribution in [2.24, 2.45) is 0 Å². The Kier molecular flexibility index (Phi) is 7.20. The van der Waals surface area contributed by atoms with Crippen LogP contribution in [-0.4, -0.2) is 11.9 Å². The van der Waals surface area contributed by atoms with Crippen molar-refractivity contribution >= 4 is 29.2 Å². The third-order valence-electron chi connectivity index (χ3n) is 4.42. The first-order valence-corrected chi connectivity index (χ1v) is 9.83. The van der Waals surface area contributed by atoms with E-state index in [2.05, 4.69) is 5.32 Å². The van der Waals surface area contributed by atoms with Gasteiger partial charge in [-0.2, -0.15) is 0 Å². The van der Waals surface area contributed by atoms with Crippen molar-refractivity contribution in [2.45, 2.75) is 19.4 Å². The van der Waals surface area contributed by atoms with E-state index in [9.17, 15) is 18.4 Å². The molecule has 1 unspecified atom stereocenters. The number of halogens is 3. The van der Waals surface area contributed by atoms with E-state index in [1.165, 1.54) is 0 Å². The summed E-state index contributed by atoms with van der Waals surface area (Å²) in [5.74, 6) is -2.71. The zero-order valence-electron chi connectivity index (χ0n) is 16.5. The minimum atomic E-state index is -1.18. The third kappa shape index (κ3) is 5.79. The van der Waals surface area contributed by atoms with Gasteiger partial charge in [0.1, 0.15) is 29.1 Å². The number of hydrogen-bond donors (Lipinski definition) is 2. The molecule has 0 aromatic heterocycles. The zero-order chi connectivity index (χ0) is 22.4. The van der Waals surface area contributed by atoms with Crippen LogP contribution in [0.4, 0.5) is 19.3 Å². The predicted molar refractivity (Wildman–Crippen MR) is 114 cm³/mol. The van der Waals surface area contributed by atoms with Gasteiger partial charge in [-0.1, -0.05) is 36.7 Å². The molecule has 0 saturated heterocycles. The smallest absolute Gasteiger partial charge is 0.326 e. The number of benzene rings is 3. The van der Waals surface area contributed by atoms with Crippen LogP contribution in [0.3, 0.4) is 0 Å². The van der Waals surface area contributed by atoms with E-state index in [1.807, 2.05) is 24.4 Å². The first kappa shape index (κ1) is 22.2. The van der Waals surface area contributed by atoms with E-state index >= 15 is 0 Å². The normalized spacial score (nSPS) is 11.5. The summed E-state index contributed by atoms with van der Waals surface area (Å²) in [6, 6.07) is 15.9. The molecule has 0 bridgehead atoms. The number of hydrogen-bond acceptors (Lipinski definition) is 3. The maximum absolute atomic E-state index is 13.6. The van der Waals surface area contributed by atoms with Crippen LogP contribution in [0.5, 0.6) is 5.75 Å². The second-order valence-electron chi connectivity index (χ2n) is 6.60. The fourth-order valence-electron chi connectivity index (χ4n) is 2.89. The molecule has 0 radical (unpaired) electrons. The fourth-order valence-corrected chi connectivity index (χ4v) is 3.01. The Morgan fingerprint density at radius 2 is 1.58 bits per heavy atom. The average Bonchev–Trinajstić information content (AvgIpc) is 2.73. The number of amides is 3. The molecular formula is C23H19ClF2N2O3. The van der Waals surface area contributed by atoms with Gasteiger partial charge in [0.2, 0.25) is 0 Å². The first-order valence-electron chi connectivity index (χ1n) is 9.46. The molecule has 3 aromatic carbocycles. The van der Waals surface area contributed by atoms with Gasteiger partial charge in [-0.3, -0.25) is 10.1 Å². The van der Waals surface area contributed by atoms with Crippen molar-refractivity contribution in [3.05, 3.63) is 94.5 Å². The maximum atomic E-state index is 13.6. The molecule has 0 spiro atoms. The quantitative estimate of drug-likeness (QED) is 0.482. The minimum Gasteiger partial charge on any atom is -0.486 e. The summed E-state index contributed by atoms with van der Waals surface area (Å²) in [7, 11) is 0. The SMILES string of the molecule is CCC(Oc1ccc(NC(=O)NC(=O)c2c(F)cccc2F)cc1)c1ccc(Cl)cc1. The highest BCUT2D eigenvalue weighted by atomic mass is 35.5. The Hall–Kier alpha value is -3.45. The molecule has 1 atom stereocenters. The van der Waals surface area contributed by atoms with Crippen molar-refractivity contribution < 1.29 is 23.1 Å². The molecule has 5 nitrogen and oxygen atoms in total. The summed E-state index contributed by atoms with van der Waals surface area (Å²) in [5.41, 5.74) is 0.521. The Morgan fingerprint density at radius 1 is 0.968 bits per heavy atom. The zero-order valence-corrected chi connectivity index (χ0v) is 17.2. The van der Waals surface area contributed by atoms with Crippen LogP contribution in [0.2, 0.25) is 5.02 Å². The first-order chi connectivity index (χ1) is 14.9. The molecule has 2 N–H and O–H groups in total. The molecule has 3 amide bonds. The highest BCUT2D eigenvalue weighted by Gasteiger charge is 2.19. The van der Waals surface area contributed by atoms with Crippen molar-refractivity contribution in [2.75, 3.05) is 5.32 Å². The molecule has 8 heteroatoms. The fraction of sp³-hybridized carbons (Fsp3) is 0.130. The molecule has 0 heterocycles. The summed E-state index contributed by atoms with van der Waals surface area (Å²) < 4.78 is 33.3. The van der Waals surface area contributed by atoms with Gasteiger partial charge in [-0.25, -0.2) is 13.6 Å². The summed E-state index contributed by atoms with van der Waals surface area (Å²) in [5, 5.41) is 4.97. The van der Waals surface area contributed by atoms with Crippen LogP contribution >= 0.6 is 11.6 Å². The van der Waals surface area contributed by atoms with E-state index in [1.54, 1.807) is 36.4 Å². The van der Waals surface area contributed by atoms with Gasteiger partial charge >= 0.3 is 6.03 Å². The van der Waals surface area contributed by atoms with Gasteiger partial charge in [-0.15, -0.1) is 0 Å². The Labute approximate surface area is 183 Å². The highest BCUT2D eigenvalue weighted by Crippen LogP contribution is 2.26. The number of urea groups is 1. The molecule has 160 valence electrons. The Balaban J connectivity index is 1.60. The van der Waals surface area contributed by atoms with Crippen LogP contribution in [0.25, 0.3) is 0 Å². The van der Waals surface area contributed by atoms with Gasteiger partial charge in [-0.05, 0) is 60.5 Å². The number of carbonyl (C=O) groups excluding carboxylic acids is 2. The van der Waals surface area contributed by atoms with Crippen molar-refractivity contribution in [1.82, 2.24) is 5.32 Å². The molecule has 0 aliphatic heterocycles. The molecule has 31 heavy (non-hydrogen) atoms. The predicted octanol–water partition coefficient (Wildman–Crippen LogP) is 6.11.